The normalized spacial score (nSPS) is 16.4. The summed E-state index contributed by atoms with van der Waals surface area (Å²) in [6, 6.07) is 6.72. The third-order valence-electron chi connectivity index (χ3n) is 5.43. The number of hydrogen-bond acceptors (Lipinski definition) is 7. The Hall–Kier alpha value is -1.91. The minimum absolute atomic E-state index is 0.0380. The van der Waals surface area contributed by atoms with Gasteiger partial charge < -0.3 is 9.73 Å². The summed E-state index contributed by atoms with van der Waals surface area (Å²) in [6.45, 7) is 6.20. The van der Waals surface area contributed by atoms with E-state index in [9.17, 15) is 13.2 Å². The average molecular weight is 467 g/mol. The van der Waals surface area contributed by atoms with Crippen LogP contribution in [0, 0.1) is 0 Å². The van der Waals surface area contributed by atoms with Crippen molar-refractivity contribution in [1.29, 1.82) is 0 Å². The minimum atomic E-state index is -3.58. The van der Waals surface area contributed by atoms with Crippen molar-refractivity contribution in [2.24, 2.45) is 0 Å². The molecule has 1 aliphatic rings. The maximum Gasteiger partial charge on any atom is 0.277 e. The van der Waals surface area contributed by atoms with Gasteiger partial charge in [0.2, 0.25) is 21.8 Å². The van der Waals surface area contributed by atoms with Crippen molar-refractivity contribution in [3.05, 3.63) is 24.3 Å². The van der Waals surface area contributed by atoms with Crippen molar-refractivity contribution in [2.75, 3.05) is 13.1 Å². The van der Waals surface area contributed by atoms with Gasteiger partial charge in [-0.15, -0.1) is 10.2 Å². The third-order valence-corrected chi connectivity index (χ3v) is 8.41. The highest BCUT2D eigenvalue weighted by atomic mass is 32.2. The second-order valence-electron chi connectivity index (χ2n) is 7.59. The first-order valence-corrected chi connectivity index (χ1v) is 13.1. The first kappa shape index (κ1) is 23.7. The quantitative estimate of drug-likeness (QED) is 0.562. The smallest absolute Gasteiger partial charge is 0.277 e. The number of nitrogens with zero attached hydrogens (tertiary/aromatic N) is 3. The second-order valence-corrected chi connectivity index (χ2v) is 10.8. The number of sulfonamides is 1. The molecule has 1 aromatic carbocycles. The molecule has 1 aliphatic carbocycles. The molecule has 1 atom stereocenters. The van der Waals surface area contributed by atoms with E-state index in [1.807, 2.05) is 6.92 Å². The van der Waals surface area contributed by atoms with Crippen LogP contribution in [0.5, 0.6) is 0 Å². The summed E-state index contributed by atoms with van der Waals surface area (Å²) < 4.78 is 32.7. The van der Waals surface area contributed by atoms with Gasteiger partial charge in [0, 0.05) is 24.7 Å². The molecule has 0 radical (unpaired) electrons. The van der Waals surface area contributed by atoms with Gasteiger partial charge in [0.25, 0.3) is 5.22 Å². The Bertz CT molecular complexity index is 983. The number of aromatic nitrogens is 2. The Morgan fingerprint density at radius 1 is 1.23 bits per heavy atom. The lowest BCUT2D eigenvalue weighted by Crippen LogP contribution is -2.40. The molecule has 8 nitrogen and oxygen atoms in total. The number of carbonyl (C=O) groups is 1. The summed E-state index contributed by atoms with van der Waals surface area (Å²) in [5, 5.41) is 11.1. The lowest BCUT2D eigenvalue weighted by Gasteiger charge is -2.23. The van der Waals surface area contributed by atoms with Crippen LogP contribution in [0.15, 0.2) is 38.8 Å². The topological polar surface area (TPSA) is 105 Å². The zero-order valence-corrected chi connectivity index (χ0v) is 19.8. The maximum atomic E-state index is 12.8. The van der Waals surface area contributed by atoms with E-state index in [0.717, 1.165) is 25.7 Å². The van der Waals surface area contributed by atoms with Gasteiger partial charge >= 0.3 is 0 Å². The number of thioether (sulfide) groups is 1. The molecule has 1 aromatic heterocycles. The van der Waals surface area contributed by atoms with Crippen molar-refractivity contribution >= 4 is 27.7 Å². The Kier molecular flexibility index (Phi) is 8.12. The number of hydrogen-bond donors (Lipinski definition) is 1. The summed E-state index contributed by atoms with van der Waals surface area (Å²) in [5.74, 6) is 0.183. The molecule has 2 aromatic rings. The van der Waals surface area contributed by atoms with Gasteiger partial charge in [0.1, 0.15) is 0 Å². The molecule has 10 heteroatoms. The van der Waals surface area contributed by atoms with Crippen molar-refractivity contribution in [3.63, 3.8) is 0 Å². The lowest BCUT2D eigenvalue weighted by atomic mass is 9.95. The van der Waals surface area contributed by atoms with Crippen LogP contribution in [0.25, 0.3) is 11.5 Å². The summed E-state index contributed by atoms with van der Waals surface area (Å²) >= 11 is 1.20. The summed E-state index contributed by atoms with van der Waals surface area (Å²) in [7, 11) is -3.58. The molecule has 31 heavy (non-hydrogen) atoms. The molecule has 3 rings (SSSR count). The van der Waals surface area contributed by atoms with Crippen LogP contribution in [0.1, 0.15) is 52.9 Å². The molecule has 1 fully saturated rings. The van der Waals surface area contributed by atoms with E-state index in [1.165, 1.54) is 28.6 Å². The lowest BCUT2D eigenvalue weighted by molar-refractivity contribution is -0.121. The standard InChI is InChI=1S/C21H30N4O4S2/c1-4-25(5-2)31(27,28)18-13-9-10-16(14-18)20-23-24-21(29-20)30-15(3)19(26)22-17-11-7-6-8-12-17/h9-10,13-15,17H,4-8,11-12H2,1-3H3,(H,22,26). The van der Waals surface area contributed by atoms with E-state index in [1.54, 1.807) is 32.0 Å². The first-order chi connectivity index (χ1) is 14.8. The van der Waals surface area contributed by atoms with E-state index in [-0.39, 0.29) is 33.2 Å². The number of rotatable bonds is 9. The van der Waals surface area contributed by atoms with Gasteiger partial charge in [-0.2, -0.15) is 4.31 Å². The Balaban J connectivity index is 1.68. The summed E-state index contributed by atoms with van der Waals surface area (Å²) in [4.78, 5) is 12.7. The fraction of sp³-hybridized carbons (Fsp3) is 0.571. The molecule has 1 saturated carbocycles. The third kappa shape index (κ3) is 5.87. The molecule has 1 heterocycles. The fourth-order valence-corrected chi connectivity index (χ4v) is 5.84. The number of carbonyl (C=O) groups excluding carboxylic acids is 1. The van der Waals surface area contributed by atoms with E-state index in [4.69, 9.17) is 4.42 Å². The molecule has 0 saturated heterocycles. The number of nitrogens with one attached hydrogen (secondary N) is 1. The van der Waals surface area contributed by atoms with Crippen LogP contribution in [0.3, 0.4) is 0 Å². The number of amides is 1. The van der Waals surface area contributed by atoms with Crippen LogP contribution in [0.4, 0.5) is 0 Å². The second kappa shape index (κ2) is 10.6. The molecular formula is C21H30N4O4S2. The van der Waals surface area contributed by atoms with Gasteiger partial charge in [-0.1, -0.05) is 50.9 Å². The predicted molar refractivity (Wildman–Crippen MR) is 120 cm³/mol. The van der Waals surface area contributed by atoms with Crippen molar-refractivity contribution in [1.82, 2.24) is 19.8 Å². The van der Waals surface area contributed by atoms with Crippen LogP contribution in [0.2, 0.25) is 0 Å². The summed E-state index contributed by atoms with van der Waals surface area (Å²) in [6.07, 6.45) is 5.60. The van der Waals surface area contributed by atoms with E-state index < -0.39 is 10.0 Å². The SMILES string of the molecule is CCN(CC)S(=O)(=O)c1cccc(-c2nnc(SC(C)C(=O)NC3CCCCC3)o2)c1. The fourth-order valence-electron chi connectivity index (χ4n) is 3.65. The van der Waals surface area contributed by atoms with E-state index in [2.05, 4.69) is 15.5 Å². The Labute approximate surface area is 188 Å². The first-order valence-electron chi connectivity index (χ1n) is 10.8. The van der Waals surface area contributed by atoms with Gasteiger partial charge in [-0.25, -0.2) is 8.42 Å². The van der Waals surface area contributed by atoms with Crippen LogP contribution in [-0.2, 0) is 14.8 Å². The van der Waals surface area contributed by atoms with Crippen molar-refractivity contribution < 1.29 is 17.6 Å². The largest absolute Gasteiger partial charge is 0.411 e. The summed E-state index contributed by atoms with van der Waals surface area (Å²) in [5.41, 5.74) is 0.520. The Morgan fingerprint density at radius 2 is 1.94 bits per heavy atom. The monoisotopic (exact) mass is 466 g/mol. The highest BCUT2D eigenvalue weighted by molar-refractivity contribution is 8.00. The van der Waals surface area contributed by atoms with Gasteiger partial charge in [-0.05, 0) is 38.0 Å². The highest BCUT2D eigenvalue weighted by Crippen LogP contribution is 2.28. The van der Waals surface area contributed by atoms with Gasteiger partial charge in [-0.3, -0.25) is 4.79 Å². The van der Waals surface area contributed by atoms with Crippen LogP contribution in [-0.4, -0.2) is 53.2 Å². The molecule has 0 spiro atoms. The zero-order valence-electron chi connectivity index (χ0n) is 18.2. The van der Waals surface area contributed by atoms with E-state index >= 15 is 0 Å². The van der Waals surface area contributed by atoms with E-state index in [0.29, 0.717) is 18.7 Å². The van der Waals surface area contributed by atoms with Crippen LogP contribution >= 0.6 is 11.8 Å². The maximum absolute atomic E-state index is 12.8. The average Bonchev–Trinajstić information content (AvgIpc) is 3.23. The van der Waals surface area contributed by atoms with Crippen molar-refractivity contribution in [3.8, 4) is 11.5 Å². The molecule has 1 amide bonds. The molecule has 0 bridgehead atoms. The molecule has 0 aliphatic heterocycles. The molecule has 170 valence electrons. The molecular weight excluding hydrogens is 436 g/mol. The van der Waals surface area contributed by atoms with Gasteiger partial charge in [0.15, 0.2) is 0 Å². The Morgan fingerprint density at radius 3 is 2.61 bits per heavy atom. The minimum Gasteiger partial charge on any atom is -0.411 e. The van der Waals surface area contributed by atoms with Crippen molar-refractivity contribution in [2.45, 2.75) is 74.3 Å². The predicted octanol–water partition coefficient (Wildman–Crippen LogP) is 3.70. The van der Waals surface area contributed by atoms with Crippen LogP contribution < -0.4 is 5.32 Å². The zero-order chi connectivity index (χ0) is 22.4. The highest BCUT2D eigenvalue weighted by Gasteiger charge is 2.24. The molecule has 1 unspecified atom stereocenters. The van der Waals surface area contributed by atoms with Gasteiger partial charge in [0.05, 0.1) is 10.1 Å². The number of benzene rings is 1. The molecule has 1 N–H and O–H groups in total.